The van der Waals surface area contributed by atoms with Gasteiger partial charge in [-0.1, -0.05) is 18.2 Å². The second-order valence-corrected chi connectivity index (χ2v) is 9.68. The summed E-state index contributed by atoms with van der Waals surface area (Å²) in [6.45, 7) is 5.71. The molecule has 33 heavy (non-hydrogen) atoms. The first-order valence-electron chi connectivity index (χ1n) is 10.1. The molecular formula is C23H19N7OS2. The average Bonchev–Trinajstić information content (AvgIpc) is 3.18. The van der Waals surface area contributed by atoms with E-state index in [1.165, 1.54) is 22.4 Å². The molecule has 0 bridgehead atoms. The van der Waals surface area contributed by atoms with Crippen LogP contribution in [0.1, 0.15) is 22.5 Å². The Morgan fingerprint density at radius 2 is 1.82 bits per heavy atom. The zero-order valence-electron chi connectivity index (χ0n) is 18.1. The van der Waals surface area contributed by atoms with Crippen molar-refractivity contribution in [1.82, 2.24) is 24.3 Å². The fourth-order valence-corrected chi connectivity index (χ4v) is 5.45. The molecule has 0 radical (unpaired) electrons. The lowest BCUT2D eigenvalue weighted by Gasteiger charge is -2.08. The number of rotatable bonds is 5. The highest BCUT2D eigenvalue weighted by molar-refractivity contribution is 8.01. The molecule has 0 saturated carbocycles. The number of anilines is 1. The molecule has 8 nitrogen and oxygen atoms in total. The van der Waals surface area contributed by atoms with Gasteiger partial charge in [-0.05, 0) is 62.4 Å². The van der Waals surface area contributed by atoms with Crippen molar-refractivity contribution in [2.45, 2.75) is 30.1 Å². The number of thiazole rings is 1. The van der Waals surface area contributed by atoms with Gasteiger partial charge < -0.3 is 0 Å². The van der Waals surface area contributed by atoms with E-state index in [2.05, 4.69) is 25.5 Å². The van der Waals surface area contributed by atoms with Crippen molar-refractivity contribution >= 4 is 51.1 Å². The van der Waals surface area contributed by atoms with Gasteiger partial charge in [-0.15, -0.1) is 11.3 Å². The van der Waals surface area contributed by atoms with E-state index in [1.807, 2.05) is 63.2 Å². The summed E-state index contributed by atoms with van der Waals surface area (Å²) in [6, 6.07) is 13.6. The molecule has 5 rings (SSSR count). The van der Waals surface area contributed by atoms with Crippen molar-refractivity contribution in [1.29, 1.82) is 0 Å². The molecule has 10 heteroatoms. The van der Waals surface area contributed by atoms with Crippen molar-refractivity contribution in [2.24, 2.45) is 5.10 Å². The van der Waals surface area contributed by atoms with Crippen LogP contribution in [0.2, 0.25) is 0 Å². The van der Waals surface area contributed by atoms with Crippen LogP contribution in [-0.4, -0.2) is 30.6 Å². The molecule has 0 aliphatic rings. The summed E-state index contributed by atoms with van der Waals surface area (Å²) in [6.07, 6.45) is 3.18. The molecule has 1 aromatic carbocycles. The van der Waals surface area contributed by atoms with Gasteiger partial charge in [0.15, 0.2) is 4.34 Å². The van der Waals surface area contributed by atoms with Gasteiger partial charge in [-0.25, -0.2) is 25.4 Å². The Labute approximate surface area is 197 Å². The van der Waals surface area contributed by atoms with Crippen molar-refractivity contribution in [3.05, 3.63) is 81.5 Å². The number of nitrogens with zero attached hydrogens (tertiary/aromatic N) is 6. The van der Waals surface area contributed by atoms with Crippen LogP contribution in [0.4, 0.5) is 5.95 Å². The number of pyridine rings is 1. The lowest BCUT2D eigenvalue weighted by atomic mass is 10.3. The maximum atomic E-state index is 13.4. The molecule has 0 spiro atoms. The molecule has 164 valence electrons. The Bertz CT molecular complexity index is 1540. The second kappa shape index (κ2) is 8.72. The fraction of sp³-hybridized carbons (Fsp3) is 0.130. The highest BCUT2D eigenvalue weighted by atomic mass is 32.2. The predicted molar refractivity (Wildman–Crippen MR) is 133 cm³/mol. The second-order valence-electron chi connectivity index (χ2n) is 7.41. The largest absolute Gasteiger partial charge is 0.268 e. The number of fused-ring (bicyclic) bond motifs is 2. The normalized spacial score (nSPS) is 11.6. The third-order valence-electron chi connectivity index (χ3n) is 4.85. The molecule has 5 aromatic rings. The molecule has 4 heterocycles. The van der Waals surface area contributed by atoms with Gasteiger partial charge in [0.05, 0.1) is 22.0 Å². The standard InChI is InChI=1S/C23H19N7OS2/c1-13-7-6-10-30-19(13)28-20(33-23-27-17-8-4-5-9-18(17)32-23)16(21(30)31)12-24-29-22-25-14(2)11-15(3)26-22/h4-12H,1-3H3,(H,25,26,29). The fourth-order valence-electron chi connectivity index (χ4n) is 3.39. The van der Waals surface area contributed by atoms with Crippen molar-refractivity contribution < 1.29 is 0 Å². The van der Waals surface area contributed by atoms with Crippen LogP contribution >= 0.6 is 23.1 Å². The van der Waals surface area contributed by atoms with E-state index in [1.54, 1.807) is 17.5 Å². The first-order valence-corrected chi connectivity index (χ1v) is 11.8. The van der Waals surface area contributed by atoms with Crippen molar-refractivity contribution in [3.63, 3.8) is 0 Å². The molecule has 0 aliphatic heterocycles. The van der Waals surface area contributed by atoms with E-state index in [-0.39, 0.29) is 5.56 Å². The first-order chi connectivity index (χ1) is 16.0. The van der Waals surface area contributed by atoms with E-state index in [4.69, 9.17) is 4.98 Å². The number of aryl methyl sites for hydroxylation is 3. The van der Waals surface area contributed by atoms with Gasteiger partial charge in [-0.3, -0.25) is 9.20 Å². The van der Waals surface area contributed by atoms with E-state index >= 15 is 0 Å². The maximum absolute atomic E-state index is 13.4. The molecule has 0 atom stereocenters. The number of hydrazone groups is 1. The quantitative estimate of drug-likeness (QED) is 0.226. The molecule has 1 N–H and O–H groups in total. The van der Waals surface area contributed by atoms with Gasteiger partial charge >= 0.3 is 0 Å². The van der Waals surface area contributed by atoms with Crippen LogP contribution in [0.25, 0.3) is 15.9 Å². The SMILES string of the molecule is Cc1cc(C)nc(NN=Cc2c(Sc3nc4ccccc4s3)nc3c(C)cccn3c2=O)n1. The van der Waals surface area contributed by atoms with Crippen molar-refractivity contribution in [3.8, 4) is 0 Å². The zero-order chi connectivity index (χ0) is 22.9. The number of nitrogens with one attached hydrogen (secondary N) is 1. The molecule has 0 amide bonds. The Kier molecular flexibility index (Phi) is 5.61. The van der Waals surface area contributed by atoms with E-state index < -0.39 is 0 Å². The topological polar surface area (TPSA) is 97.4 Å². The van der Waals surface area contributed by atoms with Crippen LogP contribution in [-0.2, 0) is 0 Å². The van der Waals surface area contributed by atoms with Crippen LogP contribution in [0.15, 0.2) is 67.9 Å². The summed E-state index contributed by atoms with van der Waals surface area (Å²) >= 11 is 2.92. The van der Waals surface area contributed by atoms with Gasteiger partial charge in [-0.2, -0.15) is 5.10 Å². The van der Waals surface area contributed by atoms with Crippen LogP contribution in [0, 0.1) is 20.8 Å². The average molecular weight is 474 g/mol. The van der Waals surface area contributed by atoms with Gasteiger partial charge in [0.2, 0.25) is 5.95 Å². The zero-order valence-corrected chi connectivity index (χ0v) is 19.7. The summed E-state index contributed by atoms with van der Waals surface area (Å²) in [7, 11) is 0. The summed E-state index contributed by atoms with van der Waals surface area (Å²) in [5.41, 5.74) is 7.06. The van der Waals surface area contributed by atoms with E-state index in [0.717, 1.165) is 31.5 Å². The predicted octanol–water partition coefficient (Wildman–Crippen LogP) is 4.62. The summed E-state index contributed by atoms with van der Waals surface area (Å²) in [5.74, 6) is 0.369. The minimum Gasteiger partial charge on any atom is -0.268 e. The third kappa shape index (κ3) is 4.35. The van der Waals surface area contributed by atoms with Crippen LogP contribution in [0.3, 0.4) is 0 Å². The Morgan fingerprint density at radius 3 is 2.61 bits per heavy atom. The lowest BCUT2D eigenvalue weighted by molar-refractivity contribution is 0.966. The first kappa shape index (κ1) is 21.2. The van der Waals surface area contributed by atoms with E-state index in [0.29, 0.717) is 22.2 Å². The number of hydrogen-bond donors (Lipinski definition) is 1. The molecule has 0 fully saturated rings. The number of para-hydroxylation sites is 1. The highest BCUT2D eigenvalue weighted by Crippen LogP contribution is 2.34. The number of hydrogen-bond acceptors (Lipinski definition) is 9. The number of aromatic nitrogens is 5. The minimum atomic E-state index is -0.209. The summed E-state index contributed by atoms with van der Waals surface area (Å²) < 4.78 is 3.42. The smallest absolute Gasteiger partial charge is 0.267 e. The van der Waals surface area contributed by atoms with Crippen LogP contribution < -0.4 is 11.0 Å². The minimum absolute atomic E-state index is 0.209. The number of benzene rings is 1. The Hall–Kier alpha value is -3.63. The third-order valence-corrected chi connectivity index (χ3v) is 6.95. The van der Waals surface area contributed by atoms with Gasteiger partial charge in [0.25, 0.3) is 5.56 Å². The molecule has 4 aromatic heterocycles. The van der Waals surface area contributed by atoms with E-state index in [9.17, 15) is 4.79 Å². The highest BCUT2D eigenvalue weighted by Gasteiger charge is 2.16. The van der Waals surface area contributed by atoms with Gasteiger partial charge in [0.1, 0.15) is 10.7 Å². The summed E-state index contributed by atoms with van der Waals surface area (Å²) in [4.78, 5) is 31.5. The molecule has 0 saturated heterocycles. The Morgan fingerprint density at radius 1 is 1.03 bits per heavy atom. The van der Waals surface area contributed by atoms with Crippen LogP contribution in [0.5, 0.6) is 0 Å². The van der Waals surface area contributed by atoms with Crippen molar-refractivity contribution in [2.75, 3.05) is 5.43 Å². The lowest BCUT2D eigenvalue weighted by Crippen LogP contribution is -2.21. The Balaban J connectivity index is 1.57. The maximum Gasteiger partial charge on any atom is 0.267 e. The molecule has 0 unspecified atom stereocenters. The van der Waals surface area contributed by atoms with Gasteiger partial charge in [0, 0.05) is 17.6 Å². The molecular weight excluding hydrogens is 454 g/mol. The summed E-state index contributed by atoms with van der Waals surface area (Å²) in [5, 5.41) is 4.79. The molecule has 0 aliphatic carbocycles. The monoisotopic (exact) mass is 473 g/mol.